The maximum atomic E-state index is 13.6. The third kappa shape index (κ3) is 3.57. The third-order valence-corrected chi connectivity index (χ3v) is 6.24. The third-order valence-electron chi connectivity index (χ3n) is 5.68. The molecule has 2 aromatic carbocycles. The van der Waals surface area contributed by atoms with Crippen LogP contribution in [0.4, 0.5) is 5.69 Å². The van der Waals surface area contributed by atoms with Crippen LogP contribution in [0.3, 0.4) is 0 Å². The maximum Gasteiger partial charge on any atom is 0.282 e. The summed E-state index contributed by atoms with van der Waals surface area (Å²) in [5, 5.41) is 0.683. The molecule has 0 radical (unpaired) electrons. The molecule has 0 aliphatic carbocycles. The number of piperidine rings is 1. The number of methoxy groups -OCH3 is 1. The predicted molar refractivity (Wildman–Crippen MR) is 119 cm³/mol. The zero-order valence-corrected chi connectivity index (χ0v) is 18.3. The zero-order valence-electron chi connectivity index (χ0n) is 16.8. The molecule has 2 aromatic rings. The number of likely N-dealkylation sites (tertiary alicyclic amines) is 1. The van der Waals surface area contributed by atoms with Crippen LogP contribution in [-0.2, 0) is 9.59 Å². The average molecular weight is 445 g/mol. The highest BCUT2D eigenvalue weighted by Gasteiger charge is 2.44. The van der Waals surface area contributed by atoms with E-state index in [0.717, 1.165) is 17.7 Å². The van der Waals surface area contributed by atoms with Gasteiger partial charge in [-0.1, -0.05) is 48.3 Å². The van der Waals surface area contributed by atoms with Crippen molar-refractivity contribution in [2.24, 2.45) is 5.92 Å². The summed E-state index contributed by atoms with van der Waals surface area (Å²) < 4.78 is 5.50. The SMILES string of the molecule is COc1ccccc1C1=C(N2CCC(C)CC2)C(=O)N(c2cc(Cl)ccc2Cl)C1=O. The number of rotatable bonds is 4. The van der Waals surface area contributed by atoms with Gasteiger partial charge in [0.25, 0.3) is 11.8 Å². The molecule has 0 saturated carbocycles. The second-order valence-corrected chi connectivity index (χ2v) is 8.48. The minimum atomic E-state index is -0.428. The van der Waals surface area contributed by atoms with Crippen LogP contribution in [0.2, 0.25) is 10.0 Å². The van der Waals surface area contributed by atoms with E-state index < -0.39 is 5.91 Å². The molecule has 7 heteroatoms. The fourth-order valence-corrected chi connectivity index (χ4v) is 4.38. The molecule has 0 atom stereocenters. The minimum absolute atomic E-state index is 0.284. The molecule has 4 rings (SSSR count). The number of imide groups is 1. The smallest absolute Gasteiger partial charge is 0.282 e. The number of carbonyl (C=O) groups is 2. The van der Waals surface area contributed by atoms with E-state index >= 15 is 0 Å². The largest absolute Gasteiger partial charge is 0.496 e. The van der Waals surface area contributed by atoms with Gasteiger partial charge in [0.2, 0.25) is 0 Å². The van der Waals surface area contributed by atoms with Crippen molar-refractivity contribution in [3.05, 3.63) is 63.8 Å². The molecular weight excluding hydrogens is 423 g/mol. The Balaban J connectivity index is 1.88. The highest BCUT2D eigenvalue weighted by atomic mass is 35.5. The van der Waals surface area contributed by atoms with Gasteiger partial charge in [-0.15, -0.1) is 0 Å². The van der Waals surface area contributed by atoms with Crippen LogP contribution >= 0.6 is 23.2 Å². The second kappa shape index (κ2) is 8.32. The van der Waals surface area contributed by atoms with Gasteiger partial charge in [-0.25, -0.2) is 4.90 Å². The highest BCUT2D eigenvalue weighted by molar-refractivity contribution is 6.48. The van der Waals surface area contributed by atoms with E-state index in [2.05, 4.69) is 6.92 Å². The summed E-state index contributed by atoms with van der Waals surface area (Å²) in [6, 6.07) is 12.0. The lowest BCUT2D eigenvalue weighted by Crippen LogP contribution is -2.38. The summed E-state index contributed by atoms with van der Waals surface area (Å²) in [7, 11) is 1.55. The summed E-state index contributed by atoms with van der Waals surface area (Å²) in [6.45, 7) is 3.63. The standard InChI is InChI=1S/C23H22Cl2N2O3/c1-14-9-11-26(12-10-14)21-20(16-5-3-4-6-19(16)30-2)22(28)27(23(21)29)18-13-15(24)7-8-17(18)25/h3-8,13-14H,9-12H2,1-2H3. The topological polar surface area (TPSA) is 49.9 Å². The molecule has 2 amide bonds. The molecule has 2 heterocycles. The molecule has 156 valence electrons. The van der Waals surface area contributed by atoms with Crippen molar-refractivity contribution in [2.45, 2.75) is 19.8 Å². The van der Waals surface area contributed by atoms with E-state index in [-0.39, 0.29) is 16.6 Å². The van der Waals surface area contributed by atoms with E-state index in [1.807, 2.05) is 17.0 Å². The Morgan fingerprint density at radius 2 is 1.70 bits per heavy atom. The Morgan fingerprint density at radius 1 is 1.00 bits per heavy atom. The van der Waals surface area contributed by atoms with Crippen molar-refractivity contribution in [3.63, 3.8) is 0 Å². The van der Waals surface area contributed by atoms with Crippen LogP contribution in [-0.4, -0.2) is 36.9 Å². The fraction of sp³-hybridized carbons (Fsp3) is 0.304. The van der Waals surface area contributed by atoms with Gasteiger partial charge in [-0.3, -0.25) is 9.59 Å². The minimum Gasteiger partial charge on any atom is -0.496 e. The number of hydrogen-bond donors (Lipinski definition) is 0. The van der Waals surface area contributed by atoms with Crippen LogP contribution in [0.5, 0.6) is 5.75 Å². The first-order valence-corrected chi connectivity index (χ1v) is 10.6. The number of nitrogens with zero attached hydrogens (tertiary/aromatic N) is 2. The van der Waals surface area contributed by atoms with Gasteiger partial charge in [0.05, 0.1) is 23.4 Å². The molecule has 0 spiro atoms. The Labute approximate surface area is 185 Å². The van der Waals surface area contributed by atoms with Crippen molar-refractivity contribution in [3.8, 4) is 5.75 Å². The lowest BCUT2D eigenvalue weighted by molar-refractivity contribution is -0.120. The van der Waals surface area contributed by atoms with Crippen molar-refractivity contribution >= 4 is 46.3 Å². The number of benzene rings is 2. The number of hydrogen-bond acceptors (Lipinski definition) is 4. The van der Waals surface area contributed by atoms with Gasteiger partial charge in [0.15, 0.2) is 0 Å². The molecule has 0 bridgehead atoms. The molecule has 2 aliphatic heterocycles. The zero-order chi connectivity index (χ0) is 21.4. The normalized spacial score (nSPS) is 17.9. The van der Waals surface area contributed by atoms with Gasteiger partial charge >= 0.3 is 0 Å². The molecule has 30 heavy (non-hydrogen) atoms. The van der Waals surface area contributed by atoms with Crippen molar-refractivity contribution in [2.75, 3.05) is 25.1 Å². The summed E-state index contributed by atoms with van der Waals surface area (Å²) in [5.41, 5.74) is 1.61. The van der Waals surface area contributed by atoms with E-state index in [9.17, 15) is 9.59 Å². The van der Waals surface area contributed by atoms with Crippen molar-refractivity contribution in [1.29, 1.82) is 0 Å². The van der Waals surface area contributed by atoms with Gasteiger partial charge in [0.1, 0.15) is 11.4 Å². The first kappa shape index (κ1) is 20.8. The summed E-state index contributed by atoms with van der Waals surface area (Å²) in [4.78, 5) is 30.4. The first-order chi connectivity index (χ1) is 14.4. The second-order valence-electron chi connectivity index (χ2n) is 7.63. The maximum absolute atomic E-state index is 13.6. The van der Waals surface area contributed by atoms with E-state index in [1.165, 1.54) is 0 Å². The van der Waals surface area contributed by atoms with Crippen LogP contribution in [0, 0.1) is 5.92 Å². The molecule has 2 aliphatic rings. The molecular formula is C23H22Cl2N2O3. The van der Waals surface area contributed by atoms with Crippen LogP contribution in [0.25, 0.3) is 5.57 Å². The summed E-state index contributed by atoms with van der Waals surface area (Å²) in [5.74, 6) is 0.305. The van der Waals surface area contributed by atoms with Crippen LogP contribution in [0.15, 0.2) is 48.2 Å². The first-order valence-electron chi connectivity index (χ1n) is 9.88. The molecule has 0 unspecified atom stereocenters. The number of halogens is 2. The fourth-order valence-electron chi connectivity index (χ4n) is 4.01. The summed E-state index contributed by atoms with van der Waals surface area (Å²) in [6.07, 6.45) is 1.92. The molecule has 0 aromatic heterocycles. The lowest BCUT2D eigenvalue weighted by Gasteiger charge is -2.32. The van der Waals surface area contributed by atoms with Crippen molar-refractivity contribution in [1.82, 2.24) is 4.90 Å². The Hall–Kier alpha value is -2.50. The van der Waals surface area contributed by atoms with Crippen LogP contribution in [0.1, 0.15) is 25.3 Å². The predicted octanol–water partition coefficient (Wildman–Crippen LogP) is 5.02. The number of carbonyl (C=O) groups excluding carboxylic acids is 2. The molecule has 0 N–H and O–H groups in total. The number of para-hydroxylation sites is 1. The van der Waals surface area contributed by atoms with E-state index in [0.29, 0.717) is 46.6 Å². The van der Waals surface area contributed by atoms with Gasteiger partial charge in [-0.05, 0) is 43.0 Å². The average Bonchev–Trinajstić information content (AvgIpc) is 3.00. The van der Waals surface area contributed by atoms with Gasteiger partial charge in [-0.2, -0.15) is 0 Å². The summed E-state index contributed by atoms with van der Waals surface area (Å²) >= 11 is 12.5. The van der Waals surface area contributed by atoms with E-state index in [4.69, 9.17) is 27.9 Å². The Morgan fingerprint density at radius 3 is 2.40 bits per heavy atom. The van der Waals surface area contributed by atoms with Gasteiger partial charge < -0.3 is 9.64 Å². The number of anilines is 1. The molecule has 1 saturated heterocycles. The van der Waals surface area contributed by atoms with Gasteiger partial charge in [0, 0.05) is 23.7 Å². The van der Waals surface area contributed by atoms with E-state index in [1.54, 1.807) is 37.4 Å². The highest BCUT2D eigenvalue weighted by Crippen LogP contribution is 2.41. The number of ether oxygens (including phenoxy) is 1. The lowest BCUT2D eigenvalue weighted by atomic mass is 9.97. The Kier molecular flexibility index (Phi) is 5.76. The van der Waals surface area contributed by atoms with Crippen LogP contribution < -0.4 is 9.64 Å². The monoisotopic (exact) mass is 444 g/mol. The quantitative estimate of drug-likeness (QED) is 0.621. The Bertz CT molecular complexity index is 1040. The number of amides is 2. The van der Waals surface area contributed by atoms with Crippen molar-refractivity contribution < 1.29 is 14.3 Å². The molecule has 1 fully saturated rings. The molecule has 5 nitrogen and oxygen atoms in total.